The molecule has 0 unspecified atom stereocenters. The zero-order valence-corrected chi connectivity index (χ0v) is 9.08. The van der Waals surface area contributed by atoms with E-state index >= 15 is 0 Å². The van der Waals surface area contributed by atoms with Crippen LogP contribution >= 0.6 is 12.6 Å². The maximum absolute atomic E-state index is 9.18. The highest BCUT2D eigenvalue weighted by molar-refractivity contribution is 7.80. The standard InChI is InChI=1S/C12H16OS/c13-11-5-1-9(2-6-11)10-3-7-12(14)8-4-10/h1-2,5-6,10,12-14H,3-4,7-8H2. The summed E-state index contributed by atoms with van der Waals surface area (Å²) in [6.45, 7) is 0. The van der Waals surface area contributed by atoms with E-state index in [1.807, 2.05) is 12.1 Å². The molecular weight excluding hydrogens is 192 g/mol. The largest absolute Gasteiger partial charge is 0.508 e. The van der Waals surface area contributed by atoms with Crippen LogP contribution in [0.1, 0.15) is 37.2 Å². The summed E-state index contributed by atoms with van der Waals surface area (Å²) < 4.78 is 0. The summed E-state index contributed by atoms with van der Waals surface area (Å²) >= 11 is 4.49. The highest BCUT2D eigenvalue weighted by Crippen LogP contribution is 2.34. The van der Waals surface area contributed by atoms with Crippen molar-refractivity contribution in [3.8, 4) is 5.75 Å². The van der Waals surface area contributed by atoms with E-state index < -0.39 is 0 Å². The minimum Gasteiger partial charge on any atom is -0.508 e. The Labute approximate surface area is 90.6 Å². The molecule has 1 saturated carbocycles. The number of benzene rings is 1. The predicted molar refractivity (Wildman–Crippen MR) is 62.1 cm³/mol. The van der Waals surface area contributed by atoms with Crippen LogP contribution in [-0.2, 0) is 0 Å². The van der Waals surface area contributed by atoms with E-state index in [2.05, 4.69) is 12.6 Å². The van der Waals surface area contributed by atoms with Crippen LogP contribution in [-0.4, -0.2) is 10.4 Å². The van der Waals surface area contributed by atoms with E-state index in [0.717, 1.165) is 0 Å². The van der Waals surface area contributed by atoms with Crippen molar-refractivity contribution < 1.29 is 5.11 Å². The first-order valence-corrected chi connectivity index (χ1v) is 5.74. The second-order valence-corrected chi connectivity index (χ2v) is 4.83. The summed E-state index contributed by atoms with van der Waals surface area (Å²) in [4.78, 5) is 0. The molecule has 0 aliphatic heterocycles. The van der Waals surface area contributed by atoms with Gasteiger partial charge in [-0.1, -0.05) is 12.1 Å². The second kappa shape index (κ2) is 4.26. The fourth-order valence-electron chi connectivity index (χ4n) is 2.16. The Hall–Kier alpha value is -0.630. The van der Waals surface area contributed by atoms with Crippen molar-refractivity contribution in [3.63, 3.8) is 0 Å². The maximum atomic E-state index is 9.18. The lowest BCUT2D eigenvalue weighted by Gasteiger charge is -2.25. The summed E-state index contributed by atoms with van der Waals surface area (Å²) in [6, 6.07) is 7.64. The third-order valence-corrected chi connectivity index (χ3v) is 3.58. The highest BCUT2D eigenvalue weighted by Gasteiger charge is 2.19. The Bertz CT molecular complexity index is 286. The Kier molecular flexibility index (Phi) is 3.02. The lowest BCUT2D eigenvalue weighted by molar-refractivity contribution is 0.452. The molecule has 1 aromatic carbocycles. The minimum absolute atomic E-state index is 0.358. The monoisotopic (exact) mass is 208 g/mol. The zero-order valence-electron chi connectivity index (χ0n) is 8.19. The summed E-state index contributed by atoms with van der Waals surface area (Å²) in [5.41, 5.74) is 1.36. The molecule has 0 saturated heterocycles. The normalized spacial score (nSPS) is 27.5. The van der Waals surface area contributed by atoms with E-state index in [0.29, 0.717) is 16.9 Å². The Morgan fingerprint density at radius 3 is 2.14 bits per heavy atom. The van der Waals surface area contributed by atoms with Gasteiger partial charge in [-0.3, -0.25) is 0 Å². The molecule has 0 aromatic heterocycles. The average molecular weight is 208 g/mol. The van der Waals surface area contributed by atoms with Crippen molar-refractivity contribution in [1.29, 1.82) is 0 Å². The van der Waals surface area contributed by atoms with Gasteiger partial charge in [-0.05, 0) is 49.3 Å². The first-order chi connectivity index (χ1) is 6.75. The molecule has 2 rings (SSSR count). The van der Waals surface area contributed by atoms with Crippen molar-refractivity contribution in [3.05, 3.63) is 29.8 Å². The first-order valence-electron chi connectivity index (χ1n) is 5.22. The summed E-state index contributed by atoms with van der Waals surface area (Å²) in [7, 11) is 0. The van der Waals surface area contributed by atoms with Crippen LogP contribution in [0, 0.1) is 0 Å². The molecule has 1 aliphatic rings. The van der Waals surface area contributed by atoms with Crippen LogP contribution in [0.2, 0.25) is 0 Å². The summed E-state index contributed by atoms with van der Waals surface area (Å²) in [5, 5.41) is 9.79. The van der Waals surface area contributed by atoms with E-state index in [1.54, 1.807) is 12.1 Å². The first kappa shape index (κ1) is 9.91. The number of rotatable bonds is 1. The zero-order chi connectivity index (χ0) is 9.97. The molecule has 0 spiro atoms. The van der Waals surface area contributed by atoms with Gasteiger partial charge in [-0.15, -0.1) is 0 Å². The number of hydrogen-bond acceptors (Lipinski definition) is 2. The molecule has 1 nitrogen and oxygen atoms in total. The maximum Gasteiger partial charge on any atom is 0.115 e. The predicted octanol–water partition coefficient (Wildman–Crippen LogP) is 3.35. The Balaban J connectivity index is 2.05. The lowest BCUT2D eigenvalue weighted by Crippen LogP contribution is -2.12. The van der Waals surface area contributed by atoms with Crippen molar-refractivity contribution in [2.75, 3.05) is 0 Å². The van der Waals surface area contributed by atoms with Crippen molar-refractivity contribution in [1.82, 2.24) is 0 Å². The third kappa shape index (κ3) is 2.24. The van der Waals surface area contributed by atoms with Crippen LogP contribution in [0.5, 0.6) is 5.75 Å². The highest BCUT2D eigenvalue weighted by atomic mass is 32.1. The van der Waals surface area contributed by atoms with E-state index in [4.69, 9.17) is 0 Å². The fraction of sp³-hybridized carbons (Fsp3) is 0.500. The Morgan fingerprint density at radius 2 is 1.57 bits per heavy atom. The second-order valence-electron chi connectivity index (χ2n) is 4.10. The van der Waals surface area contributed by atoms with Crippen LogP contribution in [0.25, 0.3) is 0 Å². The summed E-state index contributed by atoms with van der Waals surface area (Å²) in [6.07, 6.45) is 4.90. The number of thiol groups is 1. The molecule has 0 bridgehead atoms. The van der Waals surface area contributed by atoms with Crippen molar-refractivity contribution in [2.24, 2.45) is 0 Å². The van der Waals surface area contributed by atoms with E-state index in [9.17, 15) is 5.11 Å². The van der Waals surface area contributed by atoms with Gasteiger partial charge in [0.05, 0.1) is 0 Å². The topological polar surface area (TPSA) is 20.2 Å². The molecule has 76 valence electrons. The van der Waals surface area contributed by atoms with Gasteiger partial charge in [0.2, 0.25) is 0 Å². The van der Waals surface area contributed by atoms with E-state index in [1.165, 1.54) is 31.2 Å². The quantitative estimate of drug-likeness (QED) is 0.678. The molecule has 2 heteroatoms. The number of aromatic hydroxyl groups is 1. The van der Waals surface area contributed by atoms with Crippen molar-refractivity contribution >= 4 is 12.6 Å². The fourth-order valence-corrected chi connectivity index (χ4v) is 2.45. The minimum atomic E-state index is 0.358. The molecule has 14 heavy (non-hydrogen) atoms. The third-order valence-electron chi connectivity index (χ3n) is 3.06. The lowest BCUT2D eigenvalue weighted by atomic mass is 9.84. The molecule has 0 radical (unpaired) electrons. The van der Waals surface area contributed by atoms with Crippen LogP contribution in [0.4, 0.5) is 0 Å². The molecule has 1 fully saturated rings. The SMILES string of the molecule is Oc1ccc(C2CCC(S)CC2)cc1. The van der Waals surface area contributed by atoms with Gasteiger partial charge < -0.3 is 5.11 Å². The van der Waals surface area contributed by atoms with Crippen LogP contribution in [0.3, 0.4) is 0 Å². The van der Waals surface area contributed by atoms with Crippen LogP contribution < -0.4 is 0 Å². The number of phenolic OH excluding ortho intramolecular Hbond substituents is 1. The Morgan fingerprint density at radius 1 is 1.00 bits per heavy atom. The molecule has 0 heterocycles. The molecule has 1 N–H and O–H groups in total. The summed E-state index contributed by atoms with van der Waals surface area (Å²) in [5.74, 6) is 1.04. The smallest absolute Gasteiger partial charge is 0.115 e. The van der Waals surface area contributed by atoms with Gasteiger partial charge in [-0.2, -0.15) is 12.6 Å². The van der Waals surface area contributed by atoms with Gasteiger partial charge in [0, 0.05) is 5.25 Å². The number of phenols is 1. The van der Waals surface area contributed by atoms with Gasteiger partial charge in [0.1, 0.15) is 5.75 Å². The van der Waals surface area contributed by atoms with E-state index in [-0.39, 0.29) is 0 Å². The molecule has 0 atom stereocenters. The molecule has 1 aliphatic carbocycles. The van der Waals surface area contributed by atoms with Gasteiger partial charge in [-0.25, -0.2) is 0 Å². The molecule has 1 aromatic rings. The average Bonchev–Trinajstić information content (AvgIpc) is 2.21. The molecule has 0 amide bonds. The molecular formula is C12H16OS. The number of hydrogen-bond donors (Lipinski definition) is 2. The van der Waals surface area contributed by atoms with Gasteiger partial charge in [0.15, 0.2) is 0 Å². The van der Waals surface area contributed by atoms with Crippen LogP contribution in [0.15, 0.2) is 24.3 Å². The van der Waals surface area contributed by atoms with Gasteiger partial charge >= 0.3 is 0 Å². The van der Waals surface area contributed by atoms with Gasteiger partial charge in [0.25, 0.3) is 0 Å². The van der Waals surface area contributed by atoms with Crippen molar-refractivity contribution in [2.45, 2.75) is 36.9 Å².